The van der Waals surface area contributed by atoms with Crippen LogP contribution in [0.1, 0.15) is 25.7 Å². The number of amides is 2. The van der Waals surface area contributed by atoms with Gasteiger partial charge in [-0.1, -0.05) is 0 Å². The molecule has 0 aliphatic carbocycles. The maximum atomic E-state index is 12.2. The lowest BCUT2D eigenvalue weighted by molar-refractivity contribution is -0.126. The van der Waals surface area contributed by atoms with Gasteiger partial charge in [0.25, 0.3) is 5.91 Å². The van der Waals surface area contributed by atoms with Gasteiger partial charge in [-0.05, 0) is 32.4 Å². The molecule has 1 fully saturated rings. The van der Waals surface area contributed by atoms with Gasteiger partial charge in [-0.25, -0.2) is 5.43 Å². The Morgan fingerprint density at radius 1 is 1.56 bits per heavy atom. The highest BCUT2D eigenvalue weighted by molar-refractivity contribution is 6.39. The summed E-state index contributed by atoms with van der Waals surface area (Å²) in [4.78, 5) is 25.1. The molecule has 1 unspecified atom stereocenters. The van der Waals surface area contributed by atoms with Gasteiger partial charge < -0.3 is 10.2 Å². The van der Waals surface area contributed by atoms with Crippen molar-refractivity contribution >= 4 is 17.5 Å². The number of rotatable bonds is 3. The van der Waals surface area contributed by atoms with E-state index in [2.05, 4.69) is 15.8 Å². The summed E-state index contributed by atoms with van der Waals surface area (Å²) in [6, 6.07) is 0. The fourth-order valence-electron chi connectivity index (χ4n) is 2.52. The van der Waals surface area contributed by atoms with E-state index in [-0.39, 0.29) is 11.8 Å². The first-order valence-corrected chi connectivity index (χ1v) is 6.50. The molecule has 0 saturated carbocycles. The third-order valence-electron chi connectivity index (χ3n) is 3.45. The average molecular weight is 252 g/mol. The molecule has 6 nitrogen and oxygen atoms in total. The zero-order chi connectivity index (χ0) is 13.0. The van der Waals surface area contributed by atoms with E-state index in [0.29, 0.717) is 24.5 Å². The first-order chi connectivity index (χ1) is 8.70. The average Bonchev–Trinajstić information content (AvgIpc) is 2.39. The molecule has 2 heterocycles. The van der Waals surface area contributed by atoms with Crippen LogP contribution in [0.3, 0.4) is 0 Å². The van der Waals surface area contributed by atoms with Gasteiger partial charge in [0.15, 0.2) is 0 Å². The highest BCUT2D eigenvalue weighted by atomic mass is 16.2. The molecule has 1 saturated heterocycles. The SMILES string of the molecule is CNCC1CCCN(C(=O)C2=NNC(=O)CC2)C1. The van der Waals surface area contributed by atoms with Crippen LogP contribution in [0.25, 0.3) is 0 Å². The van der Waals surface area contributed by atoms with Crippen molar-refractivity contribution in [1.82, 2.24) is 15.6 Å². The van der Waals surface area contributed by atoms with E-state index in [1.807, 2.05) is 11.9 Å². The summed E-state index contributed by atoms with van der Waals surface area (Å²) in [6.07, 6.45) is 3.02. The van der Waals surface area contributed by atoms with E-state index in [4.69, 9.17) is 0 Å². The molecule has 6 heteroatoms. The molecule has 100 valence electrons. The molecule has 1 atom stereocenters. The van der Waals surface area contributed by atoms with Crippen LogP contribution in [0.2, 0.25) is 0 Å². The van der Waals surface area contributed by atoms with Crippen LogP contribution in [-0.4, -0.2) is 49.1 Å². The lowest BCUT2D eigenvalue weighted by Crippen LogP contribution is -2.46. The van der Waals surface area contributed by atoms with Crippen LogP contribution in [0, 0.1) is 5.92 Å². The van der Waals surface area contributed by atoms with Crippen LogP contribution in [0.4, 0.5) is 0 Å². The molecular formula is C12H20N4O2. The largest absolute Gasteiger partial charge is 0.337 e. The van der Waals surface area contributed by atoms with Crippen molar-refractivity contribution < 1.29 is 9.59 Å². The van der Waals surface area contributed by atoms with Gasteiger partial charge >= 0.3 is 0 Å². The van der Waals surface area contributed by atoms with Crippen LogP contribution in [-0.2, 0) is 9.59 Å². The van der Waals surface area contributed by atoms with Gasteiger partial charge in [0.2, 0.25) is 5.91 Å². The highest BCUT2D eigenvalue weighted by Gasteiger charge is 2.27. The molecule has 0 bridgehead atoms. The number of nitrogens with zero attached hydrogens (tertiary/aromatic N) is 2. The smallest absolute Gasteiger partial charge is 0.270 e. The topological polar surface area (TPSA) is 73.8 Å². The molecule has 0 aromatic rings. The Bertz CT molecular complexity index is 365. The summed E-state index contributed by atoms with van der Waals surface area (Å²) in [5.74, 6) is 0.389. The molecule has 2 amide bonds. The predicted molar refractivity (Wildman–Crippen MR) is 68.0 cm³/mol. The van der Waals surface area contributed by atoms with Crippen molar-refractivity contribution in [2.45, 2.75) is 25.7 Å². The Kier molecular flexibility index (Phi) is 4.30. The normalized spacial score (nSPS) is 24.5. The third-order valence-corrected chi connectivity index (χ3v) is 3.45. The highest BCUT2D eigenvalue weighted by Crippen LogP contribution is 2.17. The van der Waals surface area contributed by atoms with Crippen molar-refractivity contribution in [3.8, 4) is 0 Å². The fraction of sp³-hybridized carbons (Fsp3) is 0.750. The van der Waals surface area contributed by atoms with Crippen molar-refractivity contribution in [1.29, 1.82) is 0 Å². The quantitative estimate of drug-likeness (QED) is 0.725. The van der Waals surface area contributed by atoms with E-state index in [9.17, 15) is 9.59 Å². The molecule has 2 aliphatic rings. The minimum Gasteiger partial charge on any atom is -0.337 e. The van der Waals surface area contributed by atoms with Gasteiger partial charge in [0.1, 0.15) is 5.71 Å². The Morgan fingerprint density at radius 2 is 2.39 bits per heavy atom. The van der Waals surface area contributed by atoms with Gasteiger partial charge in [-0.2, -0.15) is 5.10 Å². The molecule has 0 aromatic carbocycles. The monoisotopic (exact) mass is 252 g/mol. The minimum absolute atomic E-state index is 0.0178. The molecule has 2 rings (SSSR count). The molecular weight excluding hydrogens is 232 g/mol. The summed E-state index contributed by atoms with van der Waals surface area (Å²) in [5, 5.41) is 7.02. The summed E-state index contributed by atoms with van der Waals surface area (Å²) >= 11 is 0. The summed E-state index contributed by atoms with van der Waals surface area (Å²) < 4.78 is 0. The van der Waals surface area contributed by atoms with E-state index in [1.165, 1.54) is 0 Å². The molecule has 2 aliphatic heterocycles. The molecule has 0 aromatic heterocycles. The Hall–Kier alpha value is -1.43. The first kappa shape index (κ1) is 13.0. The third kappa shape index (κ3) is 3.07. The number of likely N-dealkylation sites (tertiary alicyclic amines) is 1. The lowest BCUT2D eigenvalue weighted by atomic mass is 9.97. The van der Waals surface area contributed by atoms with E-state index < -0.39 is 0 Å². The van der Waals surface area contributed by atoms with Crippen LogP contribution >= 0.6 is 0 Å². The molecule has 18 heavy (non-hydrogen) atoms. The zero-order valence-corrected chi connectivity index (χ0v) is 10.7. The van der Waals surface area contributed by atoms with E-state index in [0.717, 1.165) is 32.5 Å². The second-order valence-electron chi connectivity index (χ2n) is 4.91. The van der Waals surface area contributed by atoms with Crippen LogP contribution in [0.15, 0.2) is 5.10 Å². The molecule has 0 spiro atoms. The van der Waals surface area contributed by atoms with Crippen molar-refractivity contribution in [2.75, 3.05) is 26.7 Å². The van der Waals surface area contributed by atoms with Crippen LogP contribution < -0.4 is 10.7 Å². The minimum atomic E-state index is -0.113. The Labute approximate surface area is 107 Å². The Morgan fingerprint density at radius 3 is 3.06 bits per heavy atom. The fourth-order valence-corrected chi connectivity index (χ4v) is 2.52. The predicted octanol–water partition coefficient (Wildman–Crippen LogP) is -0.290. The molecule has 0 radical (unpaired) electrons. The summed E-state index contributed by atoms with van der Waals surface area (Å²) in [6.45, 7) is 2.52. The van der Waals surface area contributed by atoms with Gasteiger partial charge in [-0.3, -0.25) is 9.59 Å². The lowest BCUT2D eigenvalue weighted by Gasteiger charge is -2.33. The number of carbonyl (C=O) groups is 2. The van der Waals surface area contributed by atoms with Gasteiger partial charge in [0.05, 0.1) is 0 Å². The number of piperidine rings is 1. The number of hydrazone groups is 1. The number of hydrogen-bond acceptors (Lipinski definition) is 4. The summed E-state index contributed by atoms with van der Waals surface area (Å²) in [7, 11) is 1.93. The van der Waals surface area contributed by atoms with Gasteiger partial charge in [0, 0.05) is 25.9 Å². The van der Waals surface area contributed by atoms with Crippen molar-refractivity contribution in [2.24, 2.45) is 11.0 Å². The van der Waals surface area contributed by atoms with Crippen molar-refractivity contribution in [3.05, 3.63) is 0 Å². The Balaban J connectivity index is 1.94. The standard InChI is InChI=1S/C12H20N4O2/c1-13-7-9-3-2-6-16(8-9)12(18)10-4-5-11(17)15-14-10/h9,13H,2-8H2,1H3,(H,15,17). The van der Waals surface area contributed by atoms with Crippen molar-refractivity contribution in [3.63, 3.8) is 0 Å². The first-order valence-electron chi connectivity index (χ1n) is 6.50. The van der Waals surface area contributed by atoms with E-state index in [1.54, 1.807) is 0 Å². The zero-order valence-electron chi connectivity index (χ0n) is 10.7. The second-order valence-corrected chi connectivity index (χ2v) is 4.91. The number of carbonyl (C=O) groups excluding carboxylic acids is 2. The summed E-state index contributed by atoms with van der Waals surface area (Å²) in [5.41, 5.74) is 2.86. The van der Waals surface area contributed by atoms with Crippen LogP contribution in [0.5, 0.6) is 0 Å². The maximum absolute atomic E-state index is 12.2. The molecule has 2 N–H and O–H groups in total. The number of hydrogen-bond donors (Lipinski definition) is 2. The van der Waals surface area contributed by atoms with E-state index >= 15 is 0 Å². The maximum Gasteiger partial charge on any atom is 0.270 e. The second kappa shape index (κ2) is 5.95. The number of nitrogens with one attached hydrogen (secondary N) is 2. The van der Waals surface area contributed by atoms with Gasteiger partial charge in [-0.15, -0.1) is 0 Å².